The molecule has 3 rings (SSSR count). The van der Waals surface area contributed by atoms with E-state index in [0.29, 0.717) is 0 Å². The number of anilines is 1. The van der Waals surface area contributed by atoms with Crippen LogP contribution in [0.4, 0.5) is 5.69 Å². The van der Waals surface area contributed by atoms with Gasteiger partial charge in [-0.2, -0.15) is 0 Å². The molecule has 0 unspecified atom stereocenters. The van der Waals surface area contributed by atoms with Crippen molar-refractivity contribution >= 4 is 17.0 Å². The van der Waals surface area contributed by atoms with Crippen molar-refractivity contribution in [2.75, 3.05) is 5.32 Å². The highest BCUT2D eigenvalue weighted by atomic mass is 32.1. The summed E-state index contributed by atoms with van der Waals surface area (Å²) < 4.78 is 1.89. The van der Waals surface area contributed by atoms with Crippen molar-refractivity contribution in [3.8, 4) is 5.69 Å². The van der Waals surface area contributed by atoms with Crippen molar-refractivity contribution in [1.29, 1.82) is 0 Å². The molecule has 5 heteroatoms. The van der Waals surface area contributed by atoms with E-state index < -0.39 is 0 Å². The molecule has 2 aromatic heterocycles. The molecule has 0 bridgehead atoms. The largest absolute Gasteiger partial charge is 0.380 e. The van der Waals surface area contributed by atoms with E-state index in [1.807, 2.05) is 16.7 Å². The van der Waals surface area contributed by atoms with Gasteiger partial charge in [-0.1, -0.05) is 12.1 Å². The van der Waals surface area contributed by atoms with Crippen LogP contribution in [0.3, 0.4) is 0 Å². The molecular formula is C13H12N4S. The Morgan fingerprint density at radius 1 is 1.11 bits per heavy atom. The highest BCUT2D eigenvalue weighted by molar-refractivity contribution is 7.09. The summed E-state index contributed by atoms with van der Waals surface area (Å²) in [5.41, 5.74) is 2.14. The lowest BCUT2D eigenvalue weighted by Gasteiger charge is -2.07. The zero-order valence-electron chi connectivity index (χ0n) is 9.65. The lowest BCUT2D eigenvalue weighted by atomic mass is 10.2. The smallest absolute Gasteiger partial charge is 0.123 e. The van der Waals surface area contributed by atoms with Crippen LogP contribution >= 0.6 is 11.3 Å². The number of hydrogen-bond acceptors (Lipinski definition) is 4. The highest BCUT2D eigenvalue weighted by Crippen LogP contribution is 2.16. The van der Waals surface area contributed by atoms with Crippen molar-refractivity contribution in [3.05, 3.63) is 59.3 Å². The molecule has 0 saturated heterocycles. The van der Waals surface area contributed by atoms with Crippen LogP contribution in [0.5, 0.6) is 0 Å². The summed E-state index contributed by atoms with van der Waals surface area (Å²) in [4.78, 5) is 1.32. The summed E-state index contributed by atoms with van der Waals surface area (Å²) in [7, 11) is 0. The highest BCUT2D eigenvalue weighted by Gasteiger charge is 1.99. The lowest BCUT2D eigenvalue weighted by Crippen LogP contribution is -1.98. The van der Waals surface area contributed by atoms with Gasteiger partial charge in [0.05, 0.1) is 5.69 Å². The van der Waals surface area contributed by atoms with Crippen molar-refractivity contribution < 1.29 is 0 Å². The summed E-state index contributed by atoms with van der Waals surface area (Å²) in [6.07, 6.45) is 3.39. The first kappa shape index (κ1) is 11.0. The first-order chi connectivity index (χ1) is 8.92. The number of thiophene rings is 1. The number of benzene rings is 1. The second kappa shape index (κ2) is 5.01. The van der Waals surface area contributed by atoms with E-state index in [0.717, 1.165) is 17.9 Å². The Kier molecular flexibility index (Phi) is 3.06. The maximum atomic E-state index is 3.81. The maximum Gasteiger partial charge on any atom is 0.123 e. The zero-order valence-corrected chi connectivity index (χ0v) is 10.5. The van der Waals surface area contributed by atoms with E-state index >= 15 is 0 Å². The molecule has 0 fully saturated rings. The molecule has 3 aromatic rings. The molecule has 0 saturated carbocycles. The fourth-order valence-corrected chi connectivity index (χ4v) is 2.36. The van der Waals surface area contributed by atoms with Crippen molar-refractivity contribution in [1.82, 2.24) is 14.8 Å². The van der Waals surface area contributed by atoms with Gasteiger partial charge < -0.3 is 5.32 Å². The average Bonchev–Trinajstić information content (AvgIpc) is 3.10. The molecule has 1 N–H and O–H groups in total. The van der Waals surface area contributed by atoms with Crippen LogP contribution in [0.2, 0.25) is 0 Å². The molecule has 0 amide bonds. The summed E-state index contributed by atoms with van der Waals surface area (Å²) >= 11 is 1.76. The maximum absolute atomic E-state index is 3.81. The predicted octanol–water partition coefficient (Wildman–Crippen LogP) is 2.94. The van der Waals surface area contributed by atoms with Crippen LogP contribution in [0.15, 0.2) is 54.4 Å². The molecule has 0 aliphatic carbocycles. The normalized spacial score (nSPS) is 10.4. The van der Waals surface area contributed by atoms with Gasteiger partial charge in [-0.25, -0.2) is 0 Å². The molecule has 0 aliphatic heterocycles. The first-order valence-electron chi connectivity index (χ1n) is 5.63. The number of aromatic nitrogens is 3. The Hall–Kier alpha value is -2.14. The van der Waals surface area contributed by atoms with Crippen LogP contribution in [-0.2, 0) is 6.54 Å². The van der Waals surface area contributed by atoms with Crippen molar-refractivity contribution in [3.63, 3.8) is 0 Å². The first-order valence-corrected chi connectivity index (χ1v) is 6.51. The summed E-state index contributed by atoms with van der Waals surface area (Å²) in [6, 6.07) is 12.4. The van der Waals surface area contributed by atoms with E-state index in [1.165, 1.54) is 4.88 Å². The van der Waals surface area contributed by atoms with Crippen molar-refractivity contribution in [2.24, 2.45) is 0 Å². The summed E-state index contributed by atoms with van der Waals surface area (Å²) in [5, 5.41) is 13.1. The third-order valence-corrected chi connectivity index (χ3v) is 3.49. The molecule has 90 valence electrons. The van der Waals surface area contributed by atoms with E-state index in [4.69, 9.17) is 0 Å². The van der Waals surface area contributed by atoms with Crippen LogP contribution in [-0.4, -0.2) is 14.8 Å². The van der Waals surface area contributed by atoms with Gasteiger partial charge in [0.25, 0.3) is 0 Å². The van der Waals surface area contributed by atoms with Crippen LogP contribution in [0.1, 0.15) is 4.88 Å². The van der Waals surface area contributed by atoms with Gasteiger partial charge in [-0.3, -0.25) is 4.57 Å². The van der Waals surface area contributed by atoms with Gasteiger partial charge in [0.2, 0.25) is 0 Å². The Balaban J connectivity index is 1.75. The minimum Gasteiger partial charge on any atom is -0.380 e. The molecule has 0 spiro atoms. The lowest BCUT2D eigenvalue weighted by molar-refractivity contribution is 1.05. The second-order valence-electron chi connectivity index (χ2n) is 3.85. The van der Waals surface area contributed by atoms with Crippen LogP contribution in [0.25, 0.3) is 5.69 Å². The van der Waals surface area contributed by atoms with E-state index in [2.05, 4.69) is 45.2 Å². The predicted molar refractivity (Wildman–Crippen MR) is 73.0 cm³/mol. The summed E-state index contributed by atoms with van der Waals surface area (Å²) in [5.74, 6) is 0. The minimum atomic E-state index is 0.850. The summed E-state index contributed by atoms with van der Waals surface area (Å²) in [6.45, 7) is 0.850. The number of nitrogens with zero attached hydrogens (tertiary/aromatic N) is 3. The number of nitrogens with one attached hydrogen (secondary N) is 1. The molecule has 1 aromatic carbocycles. The zero-order chi connectivity index (χ0) is 12.2. The molecule has 2 heterocycles. The fraction of sp³-hybridized carbons (Fsp3) is 0.0769. The Labute approximate surface area is 109 Å². The third-order valence-electron chi connectivity index (χ3n) is 2.61. The van der Waals surface area contributed by atoms with Crippen LogP contribution in [0, 0.1) is 0 Å². The van der Waals surface area contributed by atoms with E-state index in [1.54, 1.807) is 24.0 Å². The molecule has 0 aliphatic rings. The molecule has 0 radical (unpaired) electrons. The quantitative estimate of drug-likeness (QED) is 0.780. The van der Waals surface area contributed by atoms with E-state index in [-0.39, 0.29) is 0 Å². The van der Waals surface area contributed by atoms with Gasteiger partial charge in [-0.05, 0) is 29.6 Å². The van der Waals surface area contributed by atoms with Gasteiger partial charge in [-0.15, -0.1) is 21.5 Å². The molecular weight excluding hydrogens is 244 g/mol. The second-order valence-corrected chi connectivity index (χ2v) is 4.88. The minimum absolute atomic E-state index is 0.850. The third kappa shape index (κ3) is 2.41. The SMILES string of the molecule is c1cc(NCc2cccs2)cc(-n2cnnc2)c1. The fourth-order valence-electron chi connectivity index (χ4n) is 1.71. The van der Waals surface area contributed by atoms with Gasteiger partial charge >= 0.3 is 0 Å². The molecule has 18 heavy (non-hydrogen) atoms. The van der Waals surface area contributed by atoms with E-state index in [9.17, 15) is 0 Å². The number of rotatable bonds is 4. The molecule has 4 nitrogen and oxygen atoms in total. The van der Waals surface area contributed by atoms with Gasteiger partial charge in [0.1, 0.15) is 12.7 Å². The van der Waals surface area contributed by atoms with Crippen molar-refractivity contribution in [2.45, 2.75) is 6.54 Å². The Bertz CT molecular complexity index is 602. The monoisotopic (exact) mass is 256 g/mol. The van der Waals surface area contributed by atoms with Crippen LogP contribution < -0.4 is 5.32 Å². The standard InChI is InChI=1S/C13H12N4S/c1-3-11(14-8-13-5-2-6-18-13)7-12(4-1)17-9-15-16-10-17/h1-7,9-10,14H,8H2. The van der Waals surface area contributed by atoms with Gasteiger partial charge in [0.15, 0.2) is 0 Å². The Morgan fingerprint density at radius 2 is 2.00 bits per heavy atom. The Morgan fingerprint density at radius 3 is 2.78 bits per heavy atom. The molecule has 0 atom stereocenters. The number of hydrogen-bond donors (Lipinski definition) is 1. The average molecular weight is 256 g/mol. The van der Waals surface area contributed by atoms with Gasteiger partial charge in [0, 0.05) is 17.1 Å². The topological polar surface area (TPSA) is 42.7 Å².